The molecule has 0 saturated carbocycles. The lowest BCUT2D eigenvalue weighted by Gasteiger charge is -2.32. The smallest absolute Gasteiger partial charge is 0.336 e. The van der Waals surface area contributed by atoms with Crippen LogP contribution in [0, 0.1) is 0 Å². The van der Waals surface area contributed by atoms with Gasteiger partial charge in [-0.3, -0.25) is 9.69 Å². The fourth-order valence-corrected chi connectivity index (χ4v) is 3.88. The van der Waals surface area contributed by atoms with Crippen LogP contribution < -0.4 is 9.64 Å². The molecule has 2 heterocycles. The minimum Gasteiger partial charge on any atom is -0.497 e. The quantitative estimate of drug-likeness (QED) is 0.718. The van der Waals surface area contributed by atoms with Gasteiger partial charge in [0, 0.05) is 22.5 Å². The number of cyclic esters (lactones) is 1. The molecule has 4 rings (SSSR count). The molecule has 0 radical (unpaired) electrons. The molecule has 1 amide bonds. The third-order valence-corrected chi connectivity index (χ3v) is 5.20. The Labute approximate surface area is 159 Å². The molecule has 2 aliphatic rings. The molecule has 0 aromatic heterocycles. The van der Waals surface area contributed by atoms with Crippen molar-refractivity contribution in [3.63, 3.8) is 0 Å². The Kier molecular flexibility index (Phi) is 4.28. The molecule has 0 bridgehead atoms. The van der Waals surface area contributed by atoms with Crippen LogP contribution in [0.5, 0.6) is 5.75 Å². The third-order valence-electron chi connectivity index (χ3n) is 4.70. The Morgan fingerprint density at radius 3 is 2.62 bits per heavy atom. The number of benzene rings is 2. The van der Waals surface area contributed by atoms with Crippen LogP contribution in [0.25, 0.3) is 0 Å². The molecule has 2 aromatic rings. The van der Waals surface area contributed by atoms with Gasteiger partial charge < -0.3 is 9.47 Å². The fourth-order valence-electron chi connectivity index (χ4n) is 3.49. The highest BCUT2D eigenvalue weighted by Gasteiger charge is 2.42. The molecule has 0 saturated heterocycles. The molecule has 0 aliphatic carbocycles. The number of nitrogens with zero attached hydrogens (tertiary/aromatic N) is 1. The zero-order valence-corrected chi connectivity index (χ0v) is 15.7. The highest BCUT2D eigenvalue weighted by atomic mass is 79.9. The average Bonchev–Trinajstić information content (AvgIpc) is 3.02. The lowest BCUT2D eigenvalue weighted by molar-refractivity contribution is -0.136. The summed E-state index contributed by atoms with van der Waals surface area (Å²) in [5.74, 6) is 0.0194. The predicted molar refractivity (Wildman–Crippen MR) is 100.0 cm³/mol. The van der Waals surface area contributed by atoms with E-state index in [4.69, 9.17) is 9.47 Å². The van der Waals surface area contributed by atoms with E-state index in [0.29, 0.717) is 11.3 Å². The number of anilines is 1. The first-order valence-electron chi connectivity index (χ1n) is 8.21. The SMILES string of the molecule is COc1ccc(C2CC(=O)N(c3cccc(Br)c3)C3=C2C(=O)OC3)cc1. The van der Waals surface area contributed by atoms with Crippen molar-refractivity contribution < 1.29 is 19.1 Å². The number of esters is 1. The van der Waals surface area contributed by atoms with Gasteiger partial charge in [-0.2, -0.15) is 0 Å². The van der Waals surface area contributed by atoms with E-state index in [0.717, 1.165) is 21.5 Å². The van der Waals surface area contributed by atoms with Crippen molar-refractivity contribution in [3.8, 4) is 5.75 Å². The van der Waals surface area contributed by atoms with Crippen molar-refractivity contribution in [2.45, 2.75) is 12.3 Å². The van der Waals surface area contributed by atoms with Gasteiger partial charge in [-0.25, -0.2) is 4.79 Å². The molecular formula is C20H16BrNO4. The van der Waals surface area contributed by atoms with Crippen LogP contribution >= 0.6 is 15.9 Å². The largest absolute Gasteiger partial charge is 0.497 e. The number of carbonyl (C=O) groups is 2. The Balaban J connectivity index is 1.80. The van der Waals surface area contributed by atoms with E-state index >= 15 is 0 Å². The van der Waals surface area contributed by atoms with Crippen LogP contribution in [-0.4, -0.2) is 25.6 Å². The van der Waals surface area contributed by atoms with Crippen LogP contribution in [0.15, 0.2) is 64.3 Å². The maximum Gasteiger partial charge on any atom is 0.336 e. The second-order valence-corrected chi connectivity index (χ2v) is 7.09. The van der Waals surface area contributed by atoms with E-state index in [1.54, 1.807) is 12.0 Å². The molecular weight excluding hydrogens is 398 g/mol. The Morgan fingerprint density at radius 1 is 1.15 bits per heavy atom. The average molecular weight is 414 g/mol. The molecule has 2 aliphatic heterocycles. The topological polar surface area (TPSA) is 55.8 Å². The maximum absolute atomic E-state index is 12.9. The number of methoxy groups -OCH3 is 1. The maximum atomic E-state index is 12.9. The molecule has 1 atom stereocenters. The van der Waals surface area contributed by atoms with Crippen LogP contribution in [0.3, 0.4) is 0 Å². The summed E-state index contributed by atoms with van der Waals surface area (Å²) in [6, 6.07) is 14.9. The molecule has 0 N–H and O–H groups in total. The summed E-state index contributed by atoms with van der Waals surface area (Å²) >= 11 is 3.43. The first-order chi connectivity index (χ1) is 12.6. The summed E-state index contributed by atoms with van der Waals surface area (Å²) in [5, 5.41) is 0. The number of halogens is 1. The van der Waals surface area contributed by atoms with Crippen molar-refractivity contribution in [3.05, 3.63) is 69.8 Å². The molecule has 132 valence electrons. The van der Waals surface area contributed by atoms with Crippen LogP contribution in [-0.2, 0) is 14.3 Å². The van der Waals surface area contributed by atoms with Gasteiger partial charge in [-0.1, -0.05) is 34.1 Å². The lowest BCUT2D eigenvalue weighted by atomic mass is 9.84. The highest BCUT2D eigenvalue weighted by molar-refractivity contribution is 9.10. The summed E-state index contributed by atoms with van der Waals surface area (Å²) in [5.41, 5.74) is 2.82. The van der Waals surface area contributed by atoms with Crippen molar-refractivity contribution >= 4 is 33.5 Å². The van der Waals surface area contributed by atoms with Gasteiger partial charge in [0.1, 0.15) is 12.4 Å². The molecule has 6 heteroatoms. The zero-order chi connectivity index (χ0) is 18.3. The molecule has 5 nitrogen and oxygen atoms in total. The standard InChI is InChI=1S/C20H16BrNO4/c1-25-15-7-5-12(6-8-15)16-10-18(23)22(14-4-2-3-13(21)9-14)17-11-26-20(24)19(16)17/h2-9,16H,10-11H2,1H3. The number of carbonyl (C=O) groups excluding carboxylic acids is 2. The number of rotatable bonds is 3. The summed E-state index contributed by atoms with van der Waals surface area (Å²) in [6.07, 6.45) is 0.215. The predicted octanol–water partition coefficient (Wildman–Crippen LogP) is 3.79. The Bertz CT molecular complexity index is 920. The number of hydrogen-bond donors (Lipinski definition) is 0. The van der Waals surface area contributed by atoms with E-state index < -0.39 is 0 Å². The second-order valence-electron chi connectivity index (χ2n) is 6.18. The molecule has 2 aromatic carbocycles. The summed E-state index contributed by atoms with van der Waals surface area (Å²) in [4.78, 5) is 27.0. The van der Waals surface area contributed by atoms with E-state index in [1.807, 2.05) is 48.5 Å². The van der Waals surface area contributed by atoms with Crippen molar-refractivity contribution in [1.29, 1.82) is 0 Å². The van der Waals surface area contributed by atoms with Crippen molar-refractivity contribution in [2.24, 2.45) is 0 Å². The van der Waals surface area contributed by atoms with Gasteiger partial charge in [0.25, 0.3) is 0 Å². The van der Waals surface area contributed by atoms with Gasteiger partial charge in [-0.05, 0) is 35.9 Å². The van der Waals surface area contributed by atoms with Crippen LogP contribution in [0.2, 0.25) is 0 Å². The number of amides is 1. The van der Waals surface area contributed by atoms with Gasteiger partial charge in [0.2, 0.25) is 5.91 Å². The van der Waals surface area contributed by atoms with E-state index in [1.165, 1.54) is 0 Å². The first kappa shape index (κ1) is 16.8. The third kappa shape index (κ3) is 2.80. The van der Waals surface area contributed by atoms with Gasteiger partial charge >= 0.3 is 5.97 Å². The molecule has 0 fully saturated rings. The van der Waals surface area contributed by atoms with E-state index in [2.05, 4.69) is 15.9 Å². The van der Waals surface area contributed by atoms with Crippen molar-refractivity contribution in [2.75, 3.05) is 18.6 Å². The minimum atomic E-state index is -0.353. The van der Waals surface area contributed by atoms with Crippen molar-refractivity contribution in [1.82, 2.24) is 0 Å². The lowest BCUT2D eigenvalue weighted by Crippen LogP contribution is -2.37. The monoisotopic (exact) mass is 413 g/mol. The van der Waals surface area contributed by atoms with E-state index in [9.17, 15) is 9.59 Å². The summed E-state index contributed by atoms with van der Waals surface area (Å²) in [7, 11) is 1.60. The summed E-state index contributed by atoms with van der Waals surface area (Å²) < 4.78 is 11.3. The van der Waals surface area contributed by atoms with Gasteiger partial charge in [-0.15, -0.1) is 0 Å². The van der Waals surface area contributed by atoms with Gasteiger partial charge in [0.15, 0.2) is 0 Å². The fraction of sp³-hybridized carbons (Fsp3) is 0.200. The van der Waals surface area contributed by atoms with E-state index in [-0.39, 0.29) is 30.8 Å². The normalized spacial score (nSPS) is 19.5. The minimum absolute atomic E-state index is 0.0547. The number of ether oxygens (including phenoxy) is 2. The summed E-state index contributed by atoms with van der Waals surface area (Å²) in [6.45, 7) is 0.110. The highest BCUT2D eigenvalue weighted by Crippen LogP contribution is 2.42. The van der Waals surface area contributed by atoms with Crippen LogP contribution in [0.1, 0.15) is 17.9 Å². The molecule has 0 spiro atoms. The molecule has 1 unspecified atom stereocenters. The Hall–Kier alpha value is -2.60. The zero-order valence-electron chi connectivity index (χ0n) is 14.1. The number of hydrogen-bond acceptors (Lipinski definition) is 4. The van der Waals surface area contributed by atoms with Crippen LogP contribution in [0.4, 0.5) is 5.69 Å². The second kappa shape index (κ2) is 6.61. The Morgan fingerprint density at radius 2 is 1.92 bits per heavy atom. The van der Waals surface area contributed by atoms with Gasteiger partial charge in [0.05, 0.1) is 18.4 Å². The molecule has 26 heavy (non-hydrogen) atoms. The first-order valence-corrected chi connectivity index (χ1v) is 9.00.